The lowest BCUT2D eigenvalue weighted by Crippen LogP contribution is -2.25. The van der Waals surface area contributed by atoms with Gasteiger partial charge in [0.15, 0.2) is 0 Å². The van der Waals surface area contributed by atoms with Crippen molar-refractivity contribution >= 4 is 21.9 Å². The van der Waals surface area contributed by atoms with E-state index in [0.717, 1.165) is 48.0 Å². The highest BCUT2D eigenvalue weighted by Crippen LogP contribution is 2.27. The van der Waals surface area contributed by atoms with Crippen LogP contribution in [0.4, 0.5) is 0 Å². The fourth-order valence-corrected chi connectivity index (χ4v) is 2.86. The number of hydrogen-bond donors (Lipinski definition) is 0. The van der Waals surface area contributed by atoms with Crippen molar-refractivity contribution in [1.29, 1.82) is 0 Å². The lowest BCUT2D eigenvalue weighted by Gasteiger charge is -2.17. The molecule has 3 rings (SSSR count). The molecule has 0 unspecified atom stereocenters. The Hall–Kier alpha value is -2.27. The van der Waals surface area contributed by atoms with Crippen LogP contribution in [0.25, 0.3) is 21.9 Å². The molecule has 0 atom stereocenters. The number of furan rings is 1. The van der Waals surface area contributed by atoms with E-state index in [1.54, 1.807) is 18.4 Å². The molecule has 0 N–H and O–H groups in total. The highest BCUT2D eigenvalue weighted by atomic mass is 16.5. The molecule has 0 aliphatic carbocycles. The fraction of sp³-hybridized carbons (Fsp3) is 0.421. The molecule has 1 aromatic carbocycles. The monoisotopic (exact) mass is 329 g/mol. The van der Waals surface area contributed by atoms with Gasteiger partial charge in [0.25, 0.3) is 0 Å². The van der Waals surface area contributed by atoms with E-state index in [-0.39, 0.29) is 5.75 Å². The van der Waals surface area contributed by atoms with Gasteiger partial charge in [0.2, 0.25) is 5.75 Å². The largest absolute Gasteiger partial charge is 0.486 e. The summed E-state index contributed by atoms with van der Waals surface area (Å²) in [4.78, 5) is 14.4. The van der Waals surface area contributed by atoms with E-state index < -0.39 is 5.63 Å². The number of hydrogen-bond acceptors (Lipinski definition) is 5. The predicted molar refractivity (Wildman–Crippen MR) is 94.9 cm³/mol. The van der Waals surface area contributed by atoms with Crippen LogP contribution in [0.1, 0.15) is 25.8 Å². The summed E-state index contributed by atoms with van der Waals surface area (Å²) < 4.78 is 16.5. The Morgan fingerprint density at radius 3 is 2.67 bits per heavy atom. The summed E-state index contributed by atoms with van der Waals surface area (Å²) in [7, 11) is 0. The minimum atomic E-state index is -0.451. The smallest absolute Gasteiger partial charge is 0.379 e. The number of fused-ring (bicyclic) bond motifs is 2. The van der Waals surface area contributed by atoms with E-state index in [0.29, 0.717) is 12.2 Å². The first-order chi connectivity index (χ1) is 11.6. The van der Waals surface area contributed by atoms with Gasteiger partial charge in [-0.3, -0.25) is 0 Å². The van der Waals surface area contributed by atoms with Crippen molar-refractivity contribution in [3.05, 3.63) is 40.4 Å². The maximum Gasteiger partial charge on any atom is 0.379 e. The van der Waals surface area contributed by atoms with Crippen molar-refractivity contribution in [2.24, 2.45) is 0 Å². The molecule has 0 radical (unpaired) electrons. The van der Waals surface area contributed by atoms with Gasteiger partial charge in [-0.15, -0.1) is 0 Å². The Morgan fingerprint density at radius 1 is 1.12 bits per heavy atom. The first-order valence-electron chi connectivity index (χ1n) is 8.43. The third-order valence-electron chi connectivity index (χ3n) is 4.36. The van der Waals surface area contributed by atoms with Gasteiger partial charge in [0, 0.05) is 23.4 Å². The highest BCUT2D eigenvalue weighted by molar-refractivity contribution is 5.94. The SMILES string of the molecule is CCN(CC)CCCOc1cc2cc3c(C)coc3cc2oc1=O. The van der Waals surface area contributed by atoms with Crippen LogP contribution in [0.2, 0.25) is 0 Å². The normalized spacial score (nSPS) is 11.7. The molecule has 2 heterocycles. The fourth-order valence-electron chi connectivity index (χ4n) is 2.86. The summed E-state index contributed by atoms with van der Waals surface area (Å²) in [5.41, 5.74) is 1.83. The third kappa shape index (κ3) is 3.31. The van der Waals surface area contributed by atoms with Crippen LogP contribution in [0, 0.1) is 6.92 Å². The molecule has 0 saturated carbocycles. The Morgan fingerprint density at radius 2 is 1.92 bits per heavy atom. The quantitative estimate of drug-likeness (QED) is 0.485. The van der Waals surface area contributed by atoms with Crippen LogP contribution >= 0.6 is 0 Å². The van der Waals surface area contributed by atoms with Crippen molar-refractivity contribution in [1.82, 2.24) is 4.90 Å². The van der Waals surface area contributed by atoms with Gasteiger partial charge in [0.1, 0.15) is 11.2 Å². The molecule has 3 aromatic rings. The van der Waals surface area contributed by atoms with E-state index >= 15 is 0 Å². The van der Waals surface area contributed by atoms with E-state index in [1.807, 2.05) is 13.0 Å². The van der Waals surface area contributed by atoms with Gasteiger partial charge in [-0.1, -0.05) is 13.8 Å². The van der Waals surface area contributed by atoms with E-state index in [1.165, 1.54) is 0 Å². The minimum absolute atomic E-state index is 0.266. The molecule has 5 heteroatoms. The lowest BCUT2D eigenvalue weighted by atomic mass is 10.1. The second kappa shape index (κ2) is 7.09. The van der Waals surface area contributed by atoms with Crippen LogP contribution < -0.4 is 10.4 Å². The molecule has 0 amide bonds. The molecule has 128 valence electrons. The Kier molecular flexibility index (Phi) is 4.90. The second-order valence-corrected chi connectivity index (χ2v) is 5.93. The van der Waals surface area contributed by atoms with Crippen molar-refractivity contribution in [3.63, 3.8) is 0 Å². The molecular weight excluding hydrogens is 306 g/mol. The van der Waals surface area contributed by atoms with E-state index in [2.05, 4.69) is 18.7 Å². The summed E-state index contributed by atoms with van der Waals surface area (Å²) in [6, 6.07) is 5.48. The van der Waals surface area contributed by atoms with Crippen molar-refractivity contribution in [2.75, 3.05) is 26.2 Å². The Bertz CT molecular complexity index is 889. The first-order valence-corrected chi connectivity index (χ1v) is 8.43. The van der Waals surface area contributed by atoms with E-state index in [9.17, 15) is 4.79 Å². The molecular formula is C19H23NO4. The van der Waals surface area contributed by atoms with Crippen molar-refractivity contribution < 1.29 is 13.6 Å². The topological polar surface area (TPSA) is 55.8 Å². The summed E-state index contributed by atoms with van der Waals surface area (Å²) in [5, 5.41) is 1.86. The predicted octanol–water partition coefficient (Wildman–Crippen LogP) is 3.96. The van der Waals surface area contributed by atoms with Gasteiger partial charge < -0.3 is 18.5 Å². The van der Waals surface area contributed by atoms with Crippen molar-refractivity contribution in [3.8, 4) is 5.75 Å². The van der Waals surface area contributed by atoms with Gasteiger partial charge in [-0.2, -0.15) is 0 Å². The minimum Gasteiger partial charge on any atom is -0.486 e. The van der Waals surface area contributed by atoms with Crippen LogP contribution in [0.3, 0.4) is 0 Å². The molecule has 0 fully saturated rings. The number of rotatable bonds is 7. The molecule has 0 aliphatic rings. The van der Waals surface area contributed by atoms with E-state index in [4.69, 9.17) is 13.6 Å². The van der Waals surface area contributed by atoms with Crippen molar-refractivity contribution in [2.45, 2.75) is 27.2 Å². The number of aryl methyl sites for hydroxylation is 1. The molecule has 0 saturated heterocycles. The summed E-state index contributed by atoms with van der Waals surface area (Å²) >= 11 is 0. The zero-order valence-electron chi connectivity index (χ0n) is 14.4. The molecule has 0 spiro atoms. The molecule has 24 heavy (non-hydrogen) atoms. The maximum absolute atomic E-state index is 12.1. The lowest BCUT2D eigenvalue weighted by molar-refractivity contribution is 0.244. The van der Waals surface area contributed by atoms with Gasteiger partial charge in [0.05, 0.1) is 12.9 Å². The Balaban J connectivity index is 1.78. The summed E-state index contributed by atoms with van der Waals surface area (Å²) in [6.07, 6.45) is 2.57. The standard InChI is InChI=1S/C19H23NO4/c1-4-20(5-2)7-6-8-22-18-10-14-9-15-13(3)12-23-17(15)11-16(14)24-19(18)21/h9-12H,4-8H2,1-3H3. The molecule has 2 aromatic heterocycles. The molecule has 0 bridgehead atoms. The number of ether oxygens (including phenoxy) is 1. The molecule has 0 aliphatic heterocycles. The molecule has 5 nitrogen and oxygen atoms in total. The average Bonchev–Trinajstić information content (AvgIpc) is 2.94. The van der Waals surface area contributed by atoms with Gasteiger partial charge >= 0.3 is 5.63 Å². The van der Waals surface area contributed by atoms with Crippen LogP contribution in [-0.4, -0.2) is 31.1 Å². The Labute approximate surface area is 140 Å². The zero-order chi connectivity index (χ0) is 17.1. The number of nitrogens with zero attached hydrogens (tertiary/aromatic N) is 1. The third-order valence-corrected chi connectivity index (χ3v) is 4.36. The van der Waals surface area contributed by atoms with Gasteiger partial charge in [-0.25, -0.2) is 4.79 Å². The highest BCUT2D eigenvalue weighted by Gasteiger charge is 2.10. The summed E-state index contributed by atoms with van der Waals surface area (Å²) in [5.74, 6) is 0.266. The van der Waals surface area contributed by atoms with Crippen LogP contribution in [0.5, 0.6) is 5.75 Å². The van der Waals surface area contributed by atoms with Crippen LogP contribution in [0.15, 0.2) is 38.1 Å². The zero-order valence-corrected chi connectivity index (χ0v) is 14.4. The number of benzene rings is 1. The van der Waals surface area contributed by atoms with Crippen LogP contribution in [-0.2, 0) is 0 Å². The van der Waals surface area contributed by atoms with Gasteiger partial charge in [-0.05, 0) is 44.1 Å². The maximum atomic E-state index is 12.1. The first kappa shape index (κ1) is 16.6. The average molecular weight is 329 g/mol. The summed E-state index contributed by atoms with van der Waals surface area (Å²) in [6.45, 7) is 9.77. The second-order valence-electron chi connectivity index (χ2n) is 5.93.